The van der Waals surface area contributed by atoms with Gasteiger partial charge in [-0.25, -0.2) is 4.99 Å². The number of nitrogens with zero attached hydrogens (tertiary/aromatic N) is 2. The molecule has 1 fully saturated rings. The van der Waals surface area contributed by atoms with Crippen molar-refractivity contribution in [3.8, 4) is 0 Å². The Bertz CT molecular complexity index is 479. The average Bonchev–Trinajstić information content (AvgIpc) is 2.74. The van der Waals surface area contributed by atoms with Crippen LogP contribution in [0.15, 0.2) is 29.3 Å². The molecule has 1 aliphatic rings. The summed E-state index contributed by atoms with van der Waals surface area (Å²) in [5.41, 5.74) is 12.8. The molecule has 5 nitrogen and oxygen atoms in total. The maximum Gasteiger partial charge on any atom is 0.248 e. The summed E-state index contributed by atoms with van der Waals surface area (Å²) in [6.07, 6.45) is 4.92. The van der Waals surface area contributed by atoms with E-state index in [1.54, 1.807) is 12.1 Å². The molecule has 1 aliphatic heterocycles. The Balaban J connectivity index is 0.00000220. The van der Waals surface area contributed by atoms with Crippen molar-refractivity contribution in [2.24, 2.45) is 16.5 Å². The Morgan fingerprint density at radius 3 is 2.14 bits per heavy atom. The third-order valence-electron chi connectivity index (χ3n) is 3.59. The lowest BCUT2D eigenvalue weighted by Gasteiger charge is -2.21. The molecule has 116 valence electrons. The number of hydrogen-bond donors (Lipinski definition) is 2. The predicted molar refractivity (Wildman–Crippen MR) is 95.7 cm³/mol. The molecule has 0 aromatic heterocycles. The Hall–Kier alpha value is -1.31. The summed E-state index contributed by atoms with van der Waals surface area (Å²) < 4.78 is 0. The quantitative estimate of drug-likeness (QED) is 0.461. The molecule has 1 aromatic carbocycles. The fourth-order valence-electron chi connectivity index (χ4n) is 2.35. The van der Waals surface area contributed by atoms with Gasteiger partial charge in [0.2, 0.25) is 5.91 Å². The summed E-state index contributed by atoms with van der Waals surface area (Å²) in [6.45, 7) is 2.52. The van der Waals surface area contributed by atoms with Crippen molar-refractivity contribution < 1.29 is 4.79 Å². The van der Waals surface area contributed by atoms with E-state index in [1.807, 2.05) is 12.1 Å². The fraction of sp³-hybridized carbons (Fsp3) is 0.467. The van der Waals surface area contributed by atoms with Crippen molar-refractivity contribution in [1.82, 2.24) is 4.90 Å². The van der Waals surface area contributed by atoms with Crippen LogP contribution >= 0.6 is 24.0 Å². The Labute approximate surface area is 142 Å². The van der Waals surface area contributed by atoms with Crippen LogP contribution in [0.1, 0.15) is 41.6 Å². The van der Waals surface area contributed by atoms with E-state index in [1.165, 1.54) is 25.7 Å². The summed E-state index contributed by atoms with van der Waals surface area (Å²) in [6, 6.07) is 7.16. The average molecular weight is 402 g/mol. The Kier molecular flexibility index (Phi) is 7.49. The van der Waals surface area contributed by atoms with Crippen molar-refractivity contribution in [3.05, 3.63) is 35.4 Å². The van der Waals surface area contributed by atoms with Crippen LogP contribution in [0, 0.1) is 0 Å². The van der Waals surface area contributed by atoms with E-state index in [9.17, 15) is 4.79 Å². The van der Waals surface area contributed by atoms with Crippen LogP contribution in [0.25, 0.3) is 0 Å². The Morgan fingerprint density at radius 2 is 1.62 bits per heavy atom. The lowest BCUT2D eigenvalue weighted by atomic mass is 10.1. The van der Waals surface area contributed by atoms with E-state index in [0.29, 0.717) is 18.1 Å². The summed E-state index contributed by atoms with van der Waals surface area (Å²) in [5.74, 6) is 0.204. The van der Waals surface area contributed by atoms with Gasteiger partial charge in [-0.05, 0) is 30.5 Å². The van der Waals surface area contributed by atoms with E-state index in [0.717, 1.165) is 18.7 Å². The molecule has 0 atom stereocenters. The van der Waals surface area contributed by atoms with Gasteiger partial charge in [-0.2, -0.15) is 0 Å². The minimum Gasteiger partial charge on any atom is -0.370 e. The molecule has 21 heavy (non-hydrogen) atoms. The lowest BCUT2D eigenvalue weighted by Crippen LogP contribution is -2.38. The zero-order chi connectivity index (χ0) is 14.4. The third-order valence-corrected chi connectivity index (χ3v) is 3.59. The molecule has 1 heterocycles. The Morgan fingerprint density at radius 1 is 1.05 bits per heavy atom. The largest absolute Gasteiger partial charge is 0.370 e. The number of carbonyl (C=O) groups excluding carboxylic acids is 1. The SMILES string of the molecule is I.NC(=O)c1ccc(CN=C(N)N2CCCCCC2)cc1. The van der Waals surface area contributed by atoms with Gasteiger partial charge in [0.05, 0.1) is 6.54 Å². The number of hydrogen-bond acceptors (Lipinski definition) is 2. The van der Waals surface area contributed by atoms with E-state index < -0.39 is 5.91 Å². The number of carbonyl (C=O) groups is 1. The van der Waals surface area contributed by atoms with Gasteiger partial charge in [0.15, 0.2) is 5.96 Å². The van der Waals surface area contributed by atoms with Crippen LogP contribution in [0.5, 0.6) is 0 Å². The number of rotatable bonds is 3. The van der Waals surface area contributed by atoms with E-state index in [-0.39, 0.29) is 24.0 Å². The first-order chi connectivity index (χ1) is 9.66. The molecule has 0 saturated carbocycles. The lowest BCUT2D eigenvalue weighted by molar-refractivity contribution is 0.100. The topological polar surface area (TPSA) is 84.7 Å². The van der Waals surface area contributed by atoms with Crippen LogP contribution in [-0.4, -0.2) is 29.9 Å². The standard InChI is InChI=1S/C15H22N4O.HI/c16-14(20)13-7-5-12(6-8-13)11-18-15(17)19-9-3-1-2-4-10-19;/h5-8H,1-4,9-11H2,(H2,16,20)(H2,17,18);1H. The van der Waals surface area contributed by atoms with Crippen LogP contribution < -0.4 is 11.5 Å². The molecule has 1 amide bonds. The summed E-state index contributed by atoms with van der Waals surface area (Å²) in [4.78, 5) is 17.6. The summed E-state index contributed by atoms with van der Waals surface area (Å²) in [5, 5.41) is 0. The summed E-state index contributed by atoms with van der Waals surface area (Å²) in [7, 11) is 0. The number of benzene rings is 1. The third kappa shape index (κ3) is 5.53. The molecule has 0 radical (unpaired) electrons. The first-order valence-corrected chi connectivity index (χ1v) is 7.10. The second-order valence-corrected chi connectivity index (χ2v) is 5.14. The number of nitrogens with two attached hydrogens (primary N) is 2. The first kappa shape index (κ1) is 17.7. The van der Waals surface area contributed by atoms with Crippen molar-refractivity contribution in [1.29, 1.82) is 0 Å². The minimum atomic E-state index is -0.413. The van der Waals surface area contributed by atoms with E-state index in [2.05, 4.69) is 9.89 Å². The number of halogens is 1. The first-order valence-electron chi connectivity index (χ1n) is 7.10. The van der Waals surface area contributed by atoms with Gasteiger partial charge in [-0.3, -0.25) is 4.79 Å². The van der Waals surface area contributed by atoms with Crippen molar-refractivity contribution in [2.45, 2.75) is 32.2 Å². The molecule has 1 saturated heterocycles. The van der Waals surface area contributed by atoms with Crippen molar-refractivity contribution >= 4 is 35.8 Å². The zero-order valence-corrected chi connectivity index (χ0v) is 14.5. The van der Waals surface area contributed by atoms with Crippen LogP contribution in [0.2, 0.25) is 0 Å². The molecule has 2 rings (SSSR count). The number of likely N-dealkylation sites (tertiary alicyclic amines) is 1. The van der Waals surface area contributed by atoms with Gasteiger partial charge in [0, 0.05) is 18.7 Å². The molecule has 0 spiro atoms. The maximum absolute atomic E-state index is 11.0. The number of guanidine groups is 1. The molecular formula is C15H23IN4O. The van der Waals surface area contributed by atoms with Gasteiger partial charge in [0.25, 0.3) is 0 Å². The second kappa shape index (κ2) is 8.86. The number of amides is 1. The number of aliphatic imine (C=N–C) groups is 1. The highest BCUT2D eigenvalue weighted by molar-refractivity contribution is 14.0. The van der Waals surface area contributed by atoms with Crippen molar-refractivity contribution in [3.63, 3.8) is 0 Å². The summed E-state index contributed by atoms with van der Waals surface area (Å²) >= 11 is 0. The normalized spacial score (nSPS) is 16.0. The predicted octanol–water partition coefficient (Wildman–Crippen LogP) is 2.09. The van der Waals surface area contributed by atoms with Crippen LogP contribution in [0.4, 0.5) is 0 Å². The van der Waals surface area contributed by atoms with E-state index in [4.69, 9.17) is 11.5 Å². The molecule has 0 bridgehead atoms. The molecule has 6 heteroatoms. The van der Waals surface area contributed by atoms with Gasteiger partial charge < -0.3 is 16.4 Å². The zero-order valence-electron chi connectivity index (χ0n) is 12.1. The fourth-order valence-corrected chi connectivity index (χ4v) is 2.35. The maximum atomic E-state index is 11.0. The highest BCUT2D eigenvalue weighted by Gasteiger charge is 2.10. The molecule has 1 aromatic rings. The van der Waals surface area contributed by atoms with Gasteiger partial charge in [-0.15, -0.1) is 24.0 Å². The van der Waals surface area contributed by atoms with Crippen LogP contribution in [-0.2, 0) is 6.54 Å². The molecule has 0 unspecified atom stereocenters. The minimum absolute atomic E-state index is 0. The highest BCUT2D eigenvalue weighted by atomic mass is 127. The molecule has 0 aliphatic carbocycles. The van der Waals surface area contributed by atoms with Gasteiger partial charge in [0.1, 0.15) is 0 Å². The molecule has 4 N–H and O–H groups in total. The van der Waals surface area contributed by atoms with E-state index >= 15 is 0 Å². The van der Waals surface area contributed by atoms with Gasteiger partial charge in [-0.1, -0.05) is 25.0 Å². The number of primary amides is 1. The second-order valence-electron chi connectivity index (χ2n) is 5.14. The van der Waals surface area contributed by atoms with Gasteiger partial charge >= 0.3 is 0 Å². The van der Waals surface area contributed by atoms with Crippen molar-refractivity contribution in [2.75, 3.05) is 13.1 Å². The van der Waals surface area contributed by atoms with Crippen LogP contribution in [0.3, 0.4) is 0 Å². The smallest absolute Gasteiger partial charge is 0.248 e. The highest BCUT2D eigenvalue weighted by Crippen LogP contribution is 2.10. The molecular weight excluding hydrogens is 379 g/mol. The monoisotopic (exact) mass is 402 g/mol.